The van der Waals surface area contributed by atoms with Crippen molar-refractivity contribution in [3.63, 3.8) is 0 Å². The molecule has 2 heterocycles. The third kappa shape index (κ3) is 6.95. The molecule has 5 rings (SSSR count). The van der Waals surface area contributed by atoms with Gasteiger partial charge in [-0.15, -0.1) is 10.2 Å². The third-order valence-electron chi connectivity index (χ3n) is 7.07. The first-order chi connectivity index (χ1) is 20.1. The van der Waals surface area contributed by atoms with Gasteiger partial charge in [0.1, 0.15) is 0 Å². The van der Waals surface area contributed by atoms with Gasteiger partial charge in [-0.25, -0.2) is 8.42 Å². The number of carbonyl (C=O) groups excluding carboxylic acids is 1. The second-order valence-electron chi connectivity index (χ2n) is 10.6. The molecule has 5 aromatic rings. The molecule has 2 aromatic heterocycles. The molecule has 0 aliphatic heterocycles. The maximum Gasteiger partial charge on any atom is 0.247 e. The molecule has 0 aliphatic rings. The zero-order valence-corrected chi connectivity index (χ0v) is 24.5. The van der Waals surface area contributed by atoms with Crippen molar-refractivity contribution in [1.82, 2.24) is 20.5 Å². The highest BCUT2D eigenvalue weighted by Crippen LogP contribution is 2.36. The number of anilines is 1. The number of aromatic nitrogens is 3. The lowest BCUT2D eigenvalue weighted by Crippen LogP contribution is -2.27. The van der Waals surface area contributed by atoms with Gasteiger partial charge in [-0.05, 0) is 72.4 Å². The normalized spacial score (nSPS) is 12.9. The molecule has 0 saturated carbocycles. The van der Waals surface area contributed by atoms with Gasteiger partial charge in [0.15, 0.2) is 0 Å². The molecule has 1 amide bonds. The average Bonchev–Trinajstić information content (AvgIpc) is 3.66. The molecule has 9 nitrogen and oxygen atoms in total. The van der Waals surface area contributed by atoms with Crippen molar-refractivity contribution in [3.05, 3.63) is 125 Å². The van der Waals surface area contributed by atoms with Crippen LogP contribution in [0.1, 0.15) is 47.7 Å². The van der Waals surface area contributed by atoms with Crippen molar-refractivity contribution >= 4 is 21.6 Å². The maximum absolute atomic E-state index is 12.2. The minimum absolute atomic E-state index is 0.114. The second-order valence-corrected chi connectivity index (χ2v) is 12.4. The summed E-state index contributed by atoms with van der Waals surface area (Å²) in [4.78, 5) is 14.8. The molecule has 1 unspecified atom stereocenters. The number of rotatable bonds is 11. The van der Waals surface area contributed by atoms with Gasteiger partial charge in [0, 0.05) is 36.6 Å². The Morgan fingerprint density at radius 3 is 2.36 bits per heavy atom. The van der Waals surface area contributed by atoms with Crippen molar-refractivity contribution in [2.45, 2.75) is 38.6 Å². The Morgan fingerprint density at radius 2 is 1.67 bits per heavy atom. The minimum atomic E-state index is -3.54. The molecule has 3 aromatic carbocycles. The molecule has 0 bridgehead atoms. The summed E-state index contributed by atoms with van der Waals surface area (Å²) >= 11 is 0. The summed E-state index contributed by atoms with van der Waals surface area (Å²) in [6, 6.07) is 27.2. The van der Waals surface area contributed by atoms with Crippen LogP contribution in [0.15, 0.2) is 95.5 Å². The minimum Gasteiger partial charge on any atom is -0.420 e. The molecule has 0 fully saturated rings. The van der Waals surface area contributed by atoms with Crippen LogP contribution in [0.25, 0.3) is 11.5 Å². The van der Waals surface area contributed by atoms with Gasteiger partial charge < -0.3 is 14.7 Å². The topological polar surface area (TPSA) is 130 Å². The van der Waals surface area contributed by atoms with E-state index < -0.39 is 15.4 Å². The number of benzene rings is 3. The van der Waals surface area contributed by atoms with Crippen LogP contribution in [0.4, 0.5) is 5.69 Å². The summed E-state index contributed by atoms with van der Waals surface area (Å²) < 4.78 is 33.2. The van der Waals surface area contributed by atoms with Crippen LogP contribution in [-0.2, 0) is 39.6 Å². The van der Waals surface area contributed by atoms with Crippen molar-refractivity contribution in [2.75, 3.05) is 11.0 Å². The van der Waals surface area contributed by atoms with Gasteiger partial charge in [0.2, 0.25) is 27.7 Å². The van der Waals surface area contributed by atoms with E-state index in [-0.39, 0.29) is 11.8 Å². The zero-order valence-electron chi connectivity index (χ0n) is 23.7. The molecular weight excluding hydrogens is 550 g/mol. The standard InChI is InChI=1S/C32H33N5O4S/c1-22(38)34-21-26-13-8-7-12-25(26)16-24-17-27(19-28(18-24)37-42(3,39)40)30-35-36-31(41-30)32(2,29-14-9-15-33-29)20-23-10-5-4-6-11-23/h4-15,17-19,33,37H,16,20-21H2,1-3H3,(H,34,38). The highest BCUT2D eigenvalue weighted by Gasteiger charge is 2.36. The molecule has 3 N–H and O–H groups in total. The van der Waals surface area contributed by atoms with Gasteiger partial charge >= 0.3 is 0 Å². The first-order valence-corrected chi connectivity index (χ1v) is 15.4. The number of nitrogens with zero attached hydrogens (tertiary/aromatic N) is 2. The lowest BCUT2D eigenvalue weighted by molar-refractivity contribution is -0.119. The molecule has 0 spiro atoms. The number of hydrogen-bond donors (Lipinski definition) is 3. The van der Waals surface area contributed by atoms with Crippen LogP contribution in [0.2, 0.25) is 0 Å². The Kier molecular flexibility index (Phi) is 8.26. The number of hydrogen-bond acceptors (Lipinski definition) is 6. The fraction of sp³-hybridized carbons (Fsp3) is 0.219. The van der Waals surface area contributed by atoms with Crippen molar-refractivity contribution in [1.29, 1.82) is 0 Å². The Balaban J connectivity index is 1.53. The molecule has 0 radical (unpaired) electrons. The molecule has 1 atom stereocenters. The quantitative estimate of drug-likeness (QED) is 0.196. The van der Waals surface area contributed by atoms with E-state index in [0.29, 0.717) is 36.5 Å². The number of sulfonamides is 1. The number of nitrogens with one attached hydrogen (secondary N) is 3. The smallest absolute Gasteiger partial charge is 0.247 e. The van der Waals surface area contributed by atoms with Crippen LogP contribution in [0.5, 0.6) is 0 Å². The van der Waals surface area contributed by atoms with Crippen molar-refractivity contribution in [3.8, 4) is 11.5 Å². The Bertz CT molecular complexity index is 1780. The van der Waals surface area contributed by atoms with Gasteiger partial charge in [-0.2, -0.15) is 0 Å². The maximum atomic E-state index is 12.2. The zero-order chi connectivity index (χ0) is 29.7. The lowest BCUT2D eigenvalue weighted by atomic mass is 9.80. The van der Waals surface area contributed by atoms with Gasteiger partial charge in [0.25, 0.3) is 0 Å². The summed E-state index contributed by atoms with van der Waals surface area (Å²) in [7, 11) is -3.54. The largest absolute Gasteiger partial charge is 0.420 e. The predicted octanol–water partition coefficient (Wildman–Crippen LogP) is 5.21. The van der Waals surface area contributed by atoms with Gasteiger partial charge in [0.05, 0.1) is 11.7 Å². The van der Waals surface area contributed by atoms with E-state index in [9.17, 15) is 13.2 Å². The van der Waals surface area contributed by atoms with Crippen LogP contribution >= 0.6 is 0 Å². The lowest BCUT2D eigenvalue weighted by Gasteiger charge is -2.25. The first-order valence-electron chi connectivity index (χ1n) is 13.5. The fourth-order valence-corrected chi connectivity index (χ4v) is 5.61. The van der Waals surface area contributed by atoms with Crippen LogP contribution in [0, 0.1) is 0 Å². The molecule has 42 heavy (non-hydrogen) atoms. The van der Waals surface area contributed by atoms with E-state index in [1.54, 1.807) is 12.1 Å². The van der Waals surface area contributed by atoms with E-state index in [1.807, 2.05) is 66.9 Å². The van der Waals surface area contributed by atoms with Gasteiger partial charge in [-0.3, -0.25) is 9.52 Å². The summed E-state index contributed by atoms with van der Waals surface area (Å²) in [6.07, 6.45) is 4.10. The number of carbonyl (C=O) groups is 1. The van der Waals surface area contributed by atoms with E-state index in [4.69, 9.17) is 4.42 Å². The van der Waals surface area contributed by atoms with Crippen LogP contribution in [0.3, 0.4) is 0 Å². The van der Waals surface area contributed by atoms with E-state index in [1.165, 1.54) is 6.92 Å². The molecule has 0 saturated heterocycles. The monoisotopic (exact) mass is 583 g/mol. The summed E-state index contributed by atoms with van der Waals surface area (Å²) in [5, 5.41) is 11.7. The Hall–Kier alpha value is -4.70. The summed E-state index contributed by atoms with van der Waals surface area (Å²) in [5.41, 5.74) is 5.21. The average molecular weight is 584 g/mol. The molecule has 10 heteroatoms. The van der Waals surface area contributed by atoms with Crippen LogP contribution < -0.4 is 10.0 Å². The Morgan fingerprint density at radius 1 is 0.929 bits per heavy atom. The van der Waals surface area contributed by atoms with Crippen molar-refractivity contribution in [2.24, 2.45) is 0 Å². The van der Waals surface area contributed by atoms with E-state index in [0.717, 1.165) is 34.2 Å². The van der Waals surface area contributed by atoms with E-state index in [2.05, 4.69) is 44.3 Å². The highest BCUT2D eigenvalue weighted by molar-refractivity contribution is 7.92. The first kappa shape index (κ1) is 28.8. The van der Waals surface area contributed by atoms with Gasteiger partial charge in [-0.1, -0.05) is 54.6 Å². The third-order valence-corrected chi connectivity index (χ3v) is 7.68. The second kappa shape index (κ2) is 12.0. The molecule has 216 valence electrons. The summed E-state index contributed by atoms with van der Waals surface area (Å²) in [5.74, 6) is 0.602. The van der Waals surface area contributed by atoms with E-state index >= 15 is 0 Å². The molecule has 0 aliphatic carbocycles. The number of aromatic amines is 1. The van der Waals surface area contributed by atoms with Crippen LogP contribution in [-0.4, -0.2) is 35.8 Å². The number of H-pyrrole nitrogens is 1. The summed E-state index contributed by atoms with van der Waals surface area (Å²) in [6.45, 7) is 3.93. The van der Waals surface area contributed by atoms with Crippen molar-refractivity contribution < 1.29 is 17.6 Å². The number of amides is 1. The predicted molar refractivity (Wildman–Crippen MR) is 162 cm³/mol. The Labute approximate surface area is 245 Å². The fourth-order valence-electron chi connectivity index (χ4n) is 5.06. The SMILES string of the molecule is CC(=O)NCc1ccccc1Cc1cc(NS(C)(=O)=O)cc(-c2nnc(C(C)(Cc3ccccc3)c3ccc[nH]3)o2)c1. The molecular formula is C32H33N5O4S. The highest BCUT2D eigenvalue weighted by atomic mass is 32.2.